The molecule has 0 bridgehead atoms. The van der Waals surface area contributed by atoms with Crippen LogP contribution in [0, 0.1) is 0 Å². The molecule has 0 radical (unpaired) electrons. The van der Waals surface area contributed by atoms with E-state index in [9.17, 15) is 0 Å². The van der Waals surface area contributed by atoms with E-state index in [1.54, 1.807) is 18.4 Å². The van der Waals surface area contributed by atoms with Gasteiger partial charge in [0.25, 0.3) is 0 Å². The van der Waals surface area contributed by atoms with Crippen molar-refractivity contribution in [3.8, 4) is 5.75 Å². The SMILES string of the molecule is C[C@@H](NCc1ccc(O)cc1)c1ccco1. The van der Waals surface area contributed by atoms with Crippen molar-refractivity contribution < 1.29 is 9.52 Å². The van der Waals surface area contributed by atoms with Crippen molar-refractivity contribution >= 4 is 0 Å². The molecule has 0 saturated heterocycles. The van der Waals surface area contributed by atoms with Gasteiger partial charge in [0.2, 0.25) is 0 Å². The van der Waals surface area contributed by atoms with Gasteiger partial charge in [-0.25, -0.2) is 0 Å². The van der Waals surface area contributed by atoms with Gasteiger partial charge in [-0.2, -0.15) is 0 Å². The van der Waals surface area contributed by atoms with Crippen molar-refractivity contribution in [2.75, 3.05) is 0 Å². The van der Waals surface area contributed by atoms with Gasteiger partial charge in [-0.1, -0.05) is 12.1 Å². The Morgan fingerprint density at radius 2 is 2.00 bits per heavy atom. The first-order chi connectivity index (χ1) is 7.75. The Morgan fingerprint density at radius 3 is 2.62 bits per heavy atom. The second kappa shape index (κ2) is 4.86. The van der Waals surface area contributed by atoms with E-state index in [2.05, 4.69) is 12.2 Å². The molecule has 0 saturated carbocycles. The molecular weight excluding hydrogens is 202 g/mol. The lowest BCUT2D eigenvalue weighted by Crippen LogP contribution is -2.17. The lowest BCUT2D eigenvalue weighted by Gasteiger charge is -2.11. The maximum Gasteiger partial charge on any atom is 0.120 e. The van der Waals surface area contributed by atoms with Gasteiger partial charge < -0.3 is 14.8 Å². The number of phenols is 1. The zero-order chi connectivity index (χ0) is 11.4. The number of rotatable bonds is 4. The van der Waals surface area contributed by atoms with E-state index < -0.39 is 0 Å². The summed E-state index contributed by atoms with van der Waals surface area (Å²) in [5.41, 5.74) is 1.14. The molecule has 3 nitrogen and oxygen atoms in total. The van der Waals surface area contributed by atoms with Crippen LogP contribution >= 0.6 is 0 Å². The van der Waals surface area contributed by atoms with Crippen LogP contribution < -0.4 is 5.32 Å². The van der Waals surface area contributed by atoms with Crippen molar-refractivity contribution in [2.45, 2.75) is 19.5 Å². The molecule has 16 heavy (non-hydrogen) atoms. The van der Waals surface area contributed by atoms with Crippen molar-refractivity contribution in [1.29, 1.82) is 0 Å². The molecule has 1 aromatic carbocycles. The molecule has 0 aliphatic heterocycles. The van der Waals surface area contributed by atoms with Crippen LogP contribution in [-0.2, 0) is 6.54 Å². The standard InChI is InChI=1S/C13H15NO2/c1-10(13-3-2-8-16-13)14-9-11-4-6-12(15)7-5-11/h2-8,10,14-15H,9H2,1H3/t10-/m1/s1. The Morgan fingerprint density at radius 1 is 1.25 bits per heavy atom. The molecule has 2 rings (SSSR count). The van der Waals surface area contributed by atoms with Crippen LogP contribution in [0.25, 0.3) is 0 Å². The predicted octanol–water partition coefficient (Wildman–Crippen LogP) is 2.84. The van der Waals surface area contributed by atoms with Crippen LogP contribution in [0.2, 0.25) is 0 Å². The molecular formula is C13H15NO2. The van der Waals surface area contributed by atoms with Crippen LogP contribution in [0.5, 0.6) is 5.75 Å². The third-order valence-electron chi connectivity index (χ3n) is 2.52. The van der Waals surface area contributed by atoms with Gasteiger partial charge in [0.15, 0.2) is 0 Å². The van der Waals surface area contributed by atoms with Crippen LogP contribution in [0.3, 0.4) is 0 Å². The van der Waals surface area contributed by atoms with Gasteiger partial charge in [0.05, 0.1) is 12.3 Å². The highest BCUT2D eigenvalue weighted by Crippen LogP contribution is 2.14. The average Bonchev–Trinajstić information content (AvgIpc) is 2.81. The summed E-state index contributed by atoms with van der Waals surface area (Å²) in [6, 6.07) is 11.2. The summed E-state index contributed by atoms with van der Waals surface area (Å²) in [4.78, 5) is 0. The van der Waals surface area contributed by atoms with Crippen molar-refractivity contribution in [1.82, 2.24) is 5.32 Å². The predicted molar refractivity (Wildman–Crippen MR) is 62.1 cm³/mol. The number of nitrogens with one attached hydrogen (secondary N) is 1. The van der Waals surface area contributed by atoms with Gasteiger partial charge in [-0.15, -0.1) is 0 Å². The fourth-order valence-corrected chi connectivity index (χ4v) is 1.52. The molecule has 1 atom stereocenters. The topological polar surface area (TPSA) is 45.4 Å². The lowest BCUT2D eigenvalue weighted by atomic mass is 10.2. The second-order valence-corrected chi connectivity index (χ2v) is 3.78. The van der Waals surface area contributed by atoms with E-state index in [1.165, 1.54) is 0 Å². The normalized spacial score (nSPS) is 12.6. The zero-order valence-corrected chi connectivity index (χ0v) is 9.18. The number of aromatic hydroxyl groups is 1. The first-order valence-electron chi connectivity index (χ1n) is 5.30. The Hall–Kier alpha value is -1.74. The zero-order valence-electron chi connectivity index (χ0n) is 9.18. The van der Waals surface area contributed by atoms with Crippen LogP contribution in [0.4, 0.5) is 0 Å². The monoisotopic (exact) mass is 217 g/mol. The molecule has 84 valence electrons. The summed E-state index contributed by atoms with van der Waals surface area (Å²) in [5.74, 6) is 1.22. The van der Waals surface area contributed by atoms with Gasteiger partial charge in [-0.3, -0.25) is 0 Å². The summed E-state index contributed by atoms with van der Waals surface area (Å²) in [5, 5.41) is 12.5. The first kappa shape index (κ1) is 10.8. The Balaban J connectivity index is 1.90. The van der Waals surface area contributed by atoms with E-state index in [1.807, 2.05) is 24.3 Å². The van der Waals surface area contributed by atoms with Gasteiger partial charge in [0, 0.05) is 6.54 Å². The van der Waals surface area contributed by atoms with Crippen LogP contribution in [0.15, 0.2) is 47.1 Å². The third kappa shape index (κ3) is 2.64. The molecule has 1 heterocycles. The third-order valence-corrected chi connectivity index (χ3v) is 2.52. The number of phenolic OH excluding ortho intramolecular Hbond substituents is 1. The minimum absolute atomic E-state index is 0.184. The number of hydrogen-bond acceptors (Lipinski definition) is 3. The molecule has 0 spiro atoms. The van der Waals surface area contributed by atoms with Gasteiger partial charge >= 0.3 is 0 Å². The quantitative estimate of drug-likeness (QED) is 0.827. The molecule has 0 aliphatic carbocycles. The highest BCUT2D eigenvalue weighted by atomic mass is 16.3. The van der Waals surface area contributed by atoms with Crippen LogP contribution in [0.1, 0.15) is 24.3 Å². The van der Waals surface area contributed by atoms with E-state index >= 15 is 0 Å². The second-order valence-electron chi connectivity index (χ2n) is 3.78. The lowest BCUT2D eigenvalue weighted by molar-refractivity contribution is 0.430. The minimum atomic E-state index is 0.184. The summed E-state index contributed by atoms with van der Waals surface area (Å²) in [7, 11) is 0. The average molecular weight is 217 g/mol. The van der Waals surface area contributed by atoms with E-state index in [0.717, 1.165) is 17.9 Å². The molecule has 0 fully saturated rings. The Labute approximate surface area is 94.7 Å². The van der Waals surface area contributed by atoms with Crippen molar-refractivity contribution in [2.24, 2.45) is 0 Å². The Bertz CT molecular complexity index is 420. The fourth-order valence-electron chi connectivity index (χ4n) is 1.52. The van der Waals surface area contributed by atoms with E-state index in [0.29, 0.717) is 5.75 Å². The molecule has 0 amide bonds. The van der Waals surface area contributed by atoms with E-state index in [4.69, 9.17) is 9.52 Å². The Kier molecular flexibility index (Phi) is 3.27. The molecule has 0 unspecified atom stereocenters. The van der Waals surface area contributed by atoms with Gasteiger partial charge in [0.1, 0.15) is 11.5 Å². The maximum atomic E-state index is 9.15. The maximum absolute atomic E-state index is 9.15. The van der Waals surface area contributed by atoms with Crippen LogP contribution in [-0.4, -0.2) is 5.11 Å². The summed E-state index contributed by atoms with van der Waals surface area (Å²) < 4.78 is 5.30. The number of hydrogen-bond donors (Lipinski definition) is 2. The molecule has 2 aromatic rings. The van der Waals surface area contributed by atoms with Crippen molar-refractivity contribution in [3.63, 3.8) is 0 Å². The molecule has 0 aliphatic rings. The fraction of sp³-hybridized carbons (Fsp3) is 0.231. The highest BCUT2D eigenvalue weighted by Gasteiger charge is 2.06. The first-order valence-corrected chi connectivity index (χ1v) is 5.30. The summed E-state index contributed by atoms with van der Waals surface area (Å²) in [6.07, 6.45) is 1.67. The number of benzene rings is 1. The molecule has 1 aromatic heterocycles. The summed E-state index contributed by atoms with van der Waals surface area (Å²) >= 11 is 0. The molecule has 2 N–H and O–H groups in total. The minimum Gasteiger partial charge on any atom is -0.508 e. The van der Waals surface area contributed by atoms with Crippen molar-refractivity contribution in [3.05, 3.63) is 54.0 Å². The largest absolute Gasteiger partial charge is 0.508 e. The van der Waals surface area contributed by atoms with Gasteiger partial charge in [-0.05, 0) is 36.8 Å². The smallest absolute Gasteiger partial charge is 0.120 e. The summed E-state index contributed by atoms with van der Waals surface area (Å²) in [6.45, 7) is 2.81. The van der Waals surface area contributed by atoms with E-state index in [-0.39, 0.29) is 6.04 Å². The molecule has 3 heteroatoms. The highest BCUT2D eigenvalue weighted by molar-refractivity contribution is 5.25. The number of furan rings is 1.